The molecule has 0 bridgehead atoms. The summed E-state index contributed by atoms with van der Waals surface area (Å²) in [7, 11) is 0. The monoisotopic (exact) mass is 376 g/mol. The highest BCUT2D eigenvalue weighted by molar-refractivity contribution is 7.98. The zero-order valence-corrected chi connectivity index (χ0v) is 16.2. The Balaban J connectivity index is 1.48. The molecule has 27 heavy (non-hydrogen) atoms. The molecular formula is C22H24N4S. The van der Waals surface area contributed by atoms with E-state index in [1.165, 1.54) is 41.2 Å². The van der Waals surface area contributed by atoms with Gasteiger partial charge in [-0.05, 0) is 47.9 Å². The Morgan fingerprint density at radius 3 is 3.15 bits per heavy atom. The van der Waals surface area contributed by atoms with Gasteiger partial charge < -0.3 is 15.5 Å². The third-order valence-electron chi connectivity index (χ3n) is 6.11. The highest BCUT2D eigenvalue weighted by Crippen LogP contribution is 2.48. The summed E-state index contributed by atoms with van der Waals surface area (Å²) in [6.07, 6.45) is 1.24. The Morgan fingerprint density at radius 2 is 2.22 bits per heavy atom. The third-order valence-corrected chi connectivity index (χ3v) is 7.09. The van der Waals surface area contributed by atoms with Crippen molar-refractivity contribution in [3.8, 4) is 6.07 Å². The van der Waals surface area contributed by atoms with Crippen molar-refractivity contribution in [2.75, 3.05) is 35.6 Å². The summed E-state index contributed by atoms with van der Waals surface area (Å²) in [5, 5.41) is 16.5. The van der Waals surface area contributed by atoms with Crippen LogP contribution in [0.5, 0.6) is 0 Å². The molecule has 2 atom stereocenters. The van der Waals surface area contributed by atoms with Crippen molar-refractivity contribution in [1.29, 1.82) is 5.26 Å². The fourth-order valence-electron chi connectivity index (χ4n) is 4.87. The molecule has 3 aliphatic heterocycles. The predicted octanol–water partition coefficient (Wildman–Crippen LogP) is 3.68. The van der Waals surface area contributed by atoms with E-state index in [1.807, 2.05) is 36.0 Å². The molecule has 0 spiro atoms. The Bertz CT molecular complexity index is 904. The largest absolute Gasteiger partial charge is 0.381 e. The fourth-order valence-corrected chi connectivity index (χ4v) is 5.78. The maximum absolute atomic E-state index is 9.33. The van der Waals surface area contributed by atoms with Crippen molar-refractivity contribution < 1.29 is 0 Å². The molecule has 138 valence electrons. The van der Waals surface area contributed by atoms with Crippen molar-refractivity contribution >= 4 is 23.1 Å². The zero-order chi connectivity index (χ0) is 18.2. The van der Waals surface area contributed by atoms with Crippen molar-refractivity contribution in [2.24, 2.45) is 0 Å². The van der Waals surface area contributed by atoms with Gasteiger partial charge in [-0.3, -0.25) is 0 Å². The Hall–Kier alpha value is -2.16. The van der Waals surface area contributed by atoms with Gasteiger partial charge in [0.05, 0.1) is 11.6 Å². The minimum absolute atomic E-state index is 0.601. The minimum atomic E-state index is 0.601. The summed E-state index contributed by atoms with van der Waals surface area (Å²) < 4.78 is 0. The van der Waals surface area contributed by atoms with E-state index < -0.39 is 0 Å². The maximum atomic E-state index is 9.33. The van der Waals surface area contributed by atoms with E-state index in [2.05, 4.69) is 33.7 Å². The van der Waals surface area contributed by atoms with Crippen LogP contribution < -0.4 is 15.5 Å². The second-order valence-electron chi connectivity index (χ2n) is 7.61. The second kappa shape index (κ2) is 7.10. The fraction of sp³-hybridized carbons (Fsp3) is 0.409. The van der Waals surface area contributed by atoms with Gasteiger partial charge >= 0.3 is 0 Å². The van der Waals surface area contributed by atoms with Gasteiger partial charge in [0.25, 0.3) is 0 Å². The molecule has 3 heterocycles. The molecule has 0 aromatic heterocycles. The molecule has 5 heteroatoms. The number of rotatable bonds is 3. The molecule has 3 aliphatic rings. The highest BCUT2D eigenvalue weighted by atomic mass is 32.2. The second-order valence-corrected chi connectivity index (χ2v) is 8.71. The third kappa shape index (κ3) is 2.97. The topological polar surface area (TPSA) is 51.1 Å². The van der Waals surface area contributed by atoms with E-state index in [1.54, 1.807) is 0 Å². The molecule has 2 aromatic rings. The molecule has 0 aliphatic carbocycles. The number of fused-ring (bicyclic) bond motifs is 3. The molecule has 2 N–H and O–H groups in total. The van der Waals surface area contributed by atoms with E-state index in [-0.39, 0.29) is 0 Å². The van der Waals surface area contributed by atoms with Gasteiger partial charge in [0.2, 0.25) is 0 Å². The van der Waals surface area contributed by atoms with Gasteiger partial charge in [0.15, 0.2) is 0 Å². The van der Waals surface area contributed by atoms with Crippen LogP contribution in [0.15, 0.2) is 36.4 Å². The number of benzene rings is 2. The van der Waals surface area contributed by atoms with Crippen molar-refractivity contribution in [3.63, 3.8) is 0 Å². The number of hydrogen-bond acceptors (Lipinski definition) is 5. The van der Waals surface area contributed by atoms with E-state index in [4.69, 9.17) is 0 Å². The van der Waals surface area contributed by atoms with Gasteiger partial charge in [-0.25, -0.2) is 0 Å². The molecular weight excluding hydrogens is 352 g/mol. The first kappa shape index (κ1) is 17.0. The van der Waals surface area contributed by atoms with Crippen LogP contribution in [0.4, 0.5) is 11.4 Å². The van der Waals surface area contributed by atoms with Crippen LogP contribution in [0.2, 0.25) is 0 Å². The summed E-state index contributed by atoms with van der Waals surface area (Å²) >= 11 is 2.05. The zero-order valence-electron chi connectivity index (χ0n) is 15.4. The standard InChI is InChI=1S/C22H24N4S/c23-11-15-3-1-2-4-16(15)12-25-18-9-17-14-27-8-7-26-21-5-6-24-13-20(21)19(10-18)22(17)26/h1-4,9-10,20-21,24-25H,5-8,12-14H2/t20-,21-/m0/s1. The maximum Gasteiger partial charge on any atom is 0.0995 e. The van der Waals surface area contributed by atoms with E-state index in [0.717, 1.165) is 30.0 Å². The van der Waals surface area contributed by atoms with Crippen LogP contribution in [0.3, 0.4) is 0 Å². The molecule has 1 fully saturated rings. The lowest BCUT2D eigenvalue weighted by molar-refractivity contribution is 0.406. The normalized spacial score (nSPS) is 23.1. The van der Waals surface area contributed by atoms with E-state index in [0.29, 0.717) is 18.5 Å². The molecule has 0 radical (unpaired) electrons. The van der Waals surface area contributed by atoms with Crippen molar-refractivity contribution in [1.82, 2.24) is 5.32 Å². The van der Waals surface area contributed by atoms with Crippen molar-refractivity contribution in [2.45, 2.75) is 30.7 Å². The van der Waals surface area contributed by atoms with Gasteiger partial charge in [-0.1, -0.05) is 18.2 Å². The van der Waals surface area contributed by atoms with Crippen LogP contribution in [0, 0.1) is 11.3 Å². The van der Waals surface area contributed by atoms with Crippen LogP contribution in [0.1, 0.15) is 34.6 Å². The van der Waals surface area contributed by atoms with Gasteiger partial charge in [0, 0.05) is 54.5 Å². The summed E-state index contributed by atoms with van der Waals surface area (Å²) in [4.78, 5) is 2.70. The number of hydrogen-bond donors (Lipinski definition) is 2. The number of piperidine rings is 1. The molecule has 0 amide bonds. The molecule has 0 saturated carbocycles. The Labute approximate surface area is 164 Å². The molecule has 4 nitrogen and oxygen atoms in total. The van der Waals surface area contributed by atoms with Gasteiger partial charge in [0.1, 0.15) is 0 Å². The average molecular weight is 377 g/mol. The summed E-state index contributed by atoms with van der Waals surface area (Å²) in [6, 6.07) is 15.5. The number of thioether (sulfide) groups is 1. The first-order valence-corrected chi connectivity index (χ1v) is 10.9. The van der Waals surface area contributed by atoms with Crippen LogP contribution in [-0.2, 0) is 12.3 Å². The number of nitrogens with one attached hydrogen (secondary N) is 2. The summed E-state index contributed by atoms with van der Waals surface area (Å²) in [5.41, 5.74) is 7.50. The Morgan fingerprint density at radius 1 is 1.30 bits per heavy atom. The smallest absolute Gasteiger partial charge is 0.0995 e. The SMILES string of the molecule is N#Cc1ccccc1CNc1cc2c3c(c1)[C@@H]1CNCC[C@@H]1N3CCSC2. The number of anilines is 2. The van der Waals surface area contributed by atoms with Crippen LogP contribution in [0.25, 0.3) is 0 Å². The number of nitriles is 1. The molecule has 5 rings (SSSR count). The average Bonchev–Trinajstić information content (AvgIpc) is 2.88. The van der Waals surface area contributed by atoms with E-state index in [9.17, 15) is 5.26 Å². The Kier molecular flexibility index (Phi) is 4.47. The molecule has 2 aromatic carbocycles. The summed E-state index contributed by atoms with van der Waals surface area (Å²) in [5.74, 6) is 2.91. The first-order chi connectivity index (χ1) is 13.3. The van der Waals surface area contributed by atoms with Gasteiger partial charge in [-0.15, -0.1) is 0 Å². The quantitative estimate of drug-likeness (QED) is 0.856. The molecule has 0 unspecified atom stereocenters. The number of nitrogens with zero attached hydrogens (tertiary/aromatic N) is 2. The van der Waals surface area contributed by atoms with Crippen molar-refractivity contribution in [3.05, 3.63) is 58.7 Å². The minimum Gasteiger partial charge on any atom is -0.381 e. The van der Waals surface area contributed by atoms with Crippen LogP contribution in [-0.4, -0.2) is 31.4 Å². The summed E-state index contributed by atoms with van der Waals surface area (Å²) in [6.45, 7) is 4.07. The first-order valence-electron chi connectivity index (χ1n) is 9.79. The lowest BCUT2D eigenvalue weighted by atomic mass is 9.89. The highest BCUT2D eigenvalue weighted by Gasteiger charge is 2.41. The predicted molar refractivity (Wildman–Crippen MR) is 112 cm³/mol. The lowest BCUT2D eigenvalue weighted by Crippen LogP contribution is -2.44. The van der Waals surface area contributed by atoms with E-state index >= 15 is 0 Å². The lowest BCUT2D eigenvalue weighted by Gasteiger charge is -2.33. The molecule has 1 saturated heterocycles. The van der Waals surface area contributed by atoms with Crippen LogP contribution >= 0.6 is 11.8 Å². The van der Waals surface area contributed by atoms with Gasteiger partial charge in [-0.2, -0.15) is 17.0 Å².